The van der Waals surface area contributed by atoms with Gasteiger partial charge in [-0.05, 0) is 19.1 Å². The molecule has 0 spiro atoms. The van der Waals surface area contributed by atoms with Gasteiger partial charge < -0.3 is 21.1 Å². The van der Waals surface area contributed by atoms with Crippen molar-refractivity contribution in [3.05, 3.63) is 29.1 Å². The van der Waals surface area contributed by atoms with E-state index in [9.17, 15) is 14.0 Å². The molecule has 1 saturated heterocycles. The van der Waals surface area contributed by atoms with Crippen LogP contribution in [0.2, 0.25) is 0 Å². The van der Waals surface area contributed by atoms with Crippen LogP contribution in [0.1, 0.15) is 22.3 Å². The van der Waals surface area contributed by atoms with Crippen LogP contribution in [0, 0.1) is 12.7 Å². The van der Waals surface area contributed by atoms with E-state index in [-0.39, 0.29) is 35.2 Å². The van der Waals surface area contributed by atoms with Gasteiger partial charge in [0.2, 0.25) is 11.8 Å². The summed E-state index contributed by atoms with van der Waals surface area (Å²) in [6.07, 6.45) is -0.0438. The second-order valence-electron chi connectivity index (χ2n) is 4.94. The van der Waals surface area contributed by atoms with Crippen molar-refractivity contribution in [2.24, 2.45) is 5.73 Å². The summed E-state index contributed by atoms with van der Waals surface area (Å²) in [7, 11) is 0. The van der Waals surface area contributed by atoms with Crippen LogP contribution in [-0.2, 0) is 9.53 Å². The fourth-order valence-electron chi connectivity index (χ4n) is 2.11. The Labute approximate surface area is 121 Å². The average molecular weight is 295 g/mol. The standard InChI is InChI=1S/C14H18FN3O3/c1-8-11(15)4-9(14(16)20)5-12(8)18-13(19)6-10-7-17-2-3-21-10/h4-5,10,17H,2-3,6-7H2,1H3,(H2,16,20)(H,18,19). The number of carbonyl (C=O) groups excluding carboxylic acids is 2. The number of anilines is 1. The molecule has 1 aliphatic rings. The first kappa shape index (κ1) is 15.4. The molecule has 1 atom stereocenters. The zero-order valence-electron chi connectivity index (χ0n) is 11.7. The van der Waals surface area contributed by atoms with Gasteiger partial charge in [-0.3, -0.25) is 9.59 Å². The predicted molar refractivity (Wildman–Crippen MR) is 75.5 cm³/mol. The first-order chi connectivity index (χ1) is 9.97. The van der Waals surface area contributed by atoms with Crippen molar-refractivity contribution >= 4 is 17.5 Å². The van der Waals surface area contributed by atoms with Crippen molar-refractivity contribution in [3.8, 4) is 0 Å². The molecular weight excluding hydrogens is 277 g/mol. The molecule has 2 amide bonds. The number of hydrogen-bond donors (Lipinski definition) is 3. The van der Waals surface area contributed by atoms with Crippen LogP contribution in [0.3, 0.4) is 0 Å². The maximum absolute atomic E-state index is 13.7. The Morgan fingerprint density at radius 3 is 2.90 bits per heavy atom. The van der Waals surface area contributed by atoms with Crippen LogP contribution in [0.5, 0.6) is 0 Å². The lowest BCUT2D eigenvalue weighted by atomic mass is 10.1. The molecule has 1 fully saturated rings. The van der Waals surface area contributed by atoms with Crippen LogP contribution in [0.15, 0.2) is 12.1 Å². The quantitative estimate of drug-likeness (QED) is 0.756. The number of primary amides is 1. The van der Waals surface area contributed by atoms with E-state index in [0.29, 0.717) is 13.2 Å². The van der Waals surface area contributed by atoms with Crippen molar-refractivity contribution in [1.29, 1.82) is 0 Å². The molecule has 1 aliphatic heterocycles. The summed E-state index contributed by atoms with van der Waals surface area (Å²) in [5.74, 6) is -1.63. The van der Waals surface area contributed by atoms with Crippen LogP contribution in [0.4, 0.5) is 10.1 Å². The fourth-order valence-corrected chi connectivity index (χ4v) is 2.11. The van der Waals surface area contributed by atoms with E-state index in [1.54, 1.807) is 0 Å². The molecule has 0 aliphatic carbocycles. The lowest BCUT2D eigenvalue weighted by Crippen LogP contribution is -2.40. The first-order valence-corrected chi connectivity index (χ1v) is 6.69. The second-order valence-corrected chi connectivity index (χ2v) is 4.94. The van der Waals surface area contributed by atoms with Crippen LogP contribution in [-0.4, -0.2) is 37.6 Å². The summed E-state index contributed by atoms with van der Waals surface area (Å²) in [5, 5.41) is 5.72. The number of rotatable bonds is 4. The molecule has 2 rings (SSSR count). The molecule has 1 unspecified atom stereocenters. The number of nitrogens with two attached hydrogens (primary N) is 1. The van der Waals surface area contributed by atoms with Crippen molar-refractivity contribution in [3.63, 3.8) is 0 Å². The first-order valence-electron chi connectivity index (χ1n) is 6.69. The zero-order valence-corrected chi connectivity index (χ0v) is 11.7. The van der Waals surface area contributed by atoms with Gasteiger partial charge in [0.05, 0.1) is 19.1 Å². The summed E-state index contributed by atoms with van der Waals surface area (Å²) >= 11 is 0. The van der Waals surface area contributed by atoms with E-state index in [1.165, 1.54) is 13.0 Å². The summed E-state index contributed by atoms with van der Waals surface area (Å²) in [6.45, 7) is 3.45. The number of benzene rings is 1. The molecule has 0 radical (unpaired) electrons. The average Bonchev–Trinajstić information content (AvgIpc) is 2.44. The molecule has 21 heavy (non-hydrogen) atoms. The van der Waals surface area contributed by atoms with Crippen LogP contribution < -0.4 is 16.4 Å². The largest absolute Gasteiger partial charge is 0.375 e. The maximum atomic E-state index is 13.7. The topological polar surface area (TPSA) is 93.5 Å². The zero-order chi connectivity index (χ0) is 15.4. The highest BCUT2D eigenvalue weighted by Gasteiger charge is 2.19. The number of amides is 2. The van der Waals surface area contributed by atoms with Gasteiger partial charge >= 0.3 is 0 Å². The van der Waals surface area contributed by atoms with Gasteiger partial charge in [-0.1, -0.05) is 0 Å². The molecule has 4 N–H and O–H groups in total. The number of carbonyl (C=O) groups is 2. The van der Waals surface area contributed by atoms with Crippen molar-refractivity contribution in [1.82, 2.24) is 5.32 Å². The summed E-state index contributed by atoms with van der Waals surface area (Å²) in [6, 6.07) is 2.43. The highest BCUT2D eigenvalue weighted by molar-refractivity contribution is 5.97. The third-order valence-corrected chi connectivity index (χ3v) is 3.32. The minimum Gasteiger partial charge on any atom is -0.375 e. The van der Waals surface area contributed by atoms with Crippen molar-refractivity contribution in [2.45, 2.75) is 19.4 Å². The summed E-state index contributed by atoms with van der Waals surface area (Å²) in [4.78, 5) is 23.1. The van der Waals surface area contributed by atoms with Gasteiger partial charge in [0.25, 0.3) is 0 Å². The molecule has 7 heteroatoms. The van der Waals surface area contributed by atoms with Gasteiger partial charge in [0.1, 0.15) is 5.82 Å². The Hall–Kier alpha value is -1.99. The molecule has 0 aromatic heterocycles. The Kier molecular flexibility index (Phi) is 4.87. The van der Waals surface area contributed by atoms with Gasteiger partial charge in [0.15, 0.2) is 0 Å². The molecule has 1 aromatic rings. The third-order valence-electron chi connectivity index (χ3n) is 3.32. The Balaban J connectivity index is 2.07. The number of hydrogen-bond acceptors (Lipinski definition) is 4. The molecular formula is C14H18FN3O3. The molecule has 6 nitrogen and oxygen atoms in total. The summed E-state index contributed by atoms with van der Waals surface area (Å²) in [5.41, 5.74) is 5.66. The number of nitrogens with one attached hydrogen (secondary N) is 2. The monoisotopic (exact) mass is 295 g/mol. The Morgan fingerprint density at radius 2 is 2.29 bits per heavy atom. The van der Waals surface area contributed by atoms with E-state index in [4.69, 9.17) is 10.5 Å². The van der Waals surface area contributed by atoms with Gasteiger partial charge in [-0.15, -0.1) is 0 Å². The number of morpholine rings is 1. The molecule has 0 bridgehead atoms. The highest BCUT2D eigenvalue weighted by Crippen LogP contribution is 2.21. The molecule has 1 aromatic carbocycles. The SMILES string of the molecule is Cc1c(F)cc(C(N)=O)cc1NC(=O)CC1CNCCO1. The number of ether oxygens (including phenoxy) is 1. The fraction of sp³-hybridized carbons (Fsp3) is 0.429. The molecule has 0 saturated carbocycles. The van der Waals surface area contributed by atoms with E-state index in [2.05, 4.69) is 10.6 Å². The smallest absolute Gasteiger partial charge is 0.248 e. The number of halogens is 1. The van der Waals surface area contributed by atoms with Crippen LogP contribution in [0.25, 0.3) is 0 Å². The minimum absolute atomic E-state index is 0.0176. The van der Waals surface area contributed by atoms with E-state index >= 15 is 0 Å². The normalized spacial score (nSPS) is 18.3. The maximum Gasteiger partial charge on any atom is 0.248 e. The van der Waals surface area contributed by atoms with Gasteiger partial charge in [0, 0.05) is 29.9 Å². The van der Waals surface area contributed by atoms with E-state index in [1.807, 2.05) is 0 Å². The lowest BCUT2D eigenvalue weighted by Gasteiger charge is -2.23. The van der Waals surface area contributed by atoms with Gasteiger partial charge in [-0.2, -0.15) is 0 Å². The van der Waals surface area contributed by atoms with Crippen molar-refractivity contribution < 1.29 is 18.7 Å². The Bertz CT molecular complexity index is 557. The third kappa shape index (κ3) is 3.99. The van der Waals surface area contributed by atoms with Gasteiger partial charge in [-0.25, -0.2) is 4.39 Å². The predicted octanol–water partition coefficient (Wildman–Crippen LogP) is 0.550. The summed E-state index contributed by atoms with van der Waals surface area (Å²) < 4.78 is 19.1. The molecule has 1 heterocycles. The van der Waals surface area contributed by atoms with E-state index < -0.39 is 11.7 Å². The lowest BCUT2D eigenvalue weighted by molar-refractivity contribution is -0.119. The van der Waals surface area contributed by atoms with E-state index in [0.717, 1.165) is 12.6 Å². The van der Waals surface area contributed by atoms with Crippen molar-refractivity contribution in [2.75, 3.05) is 25.0 Å². The molecule has 114 valence electrons. The minimum atomic E-state index is -0.746. The second kappa shape index (κ2) is 6.64. The highest BCUT2D eigenvalue weighted by atomic mass is 19.1. The van der Waals surface area contributed by atoms with Crippen LogP contribution >= 0.6 is 0 Å². The Morgan fingerprint density at radius 1 is 1.52 bits per heavy atom.